The number of aromatic nitrogens is 1. The average Bonchev–Trinajstić information content (AvgIpc) is 3.16. The van der Waals surface area contributed by atoms with Gasteiger partial charge in [0.1, 0.15) is 10.6 Å². The fourth-order valence-electron chi connectivity index (χ4n) is 3.50. The summed E-state index contributed by atoms with van der Waals surface area (Å²) in [6, 6.07) is 1.54. The molecule has 0 N–H and O–H groups in total. The van der Waals surface area contributed by atoms with Crippen LogP contribution in [0.3, 0.4) is 0 Å². The summed E-state index contributed by atoms with van der Waals surface area (Å²) in [5, 5.41) is 0. The molecule has 1 atom stereocenters. The van der Waals surface area contributed by atoms with Crippen LogP contribution in [0, 0.1) is 5.92 Å². The molecule has 2 saturated heterocycles. The first-order valence-electron chi connectivity index (χ1n) is 8.35. The monoisotopic (exact) mass is 339 g/mol. The molecule has 23 heavy (non-hydrogen) atoms. The molecule has 0 spiro atoms. The van der Waals surface area contributed by atoms with Crippen LogP contribution in [-0.4, -0.2) is 54.3 Å². The summed E-state index contributed by atoms with van der Waals surface area (Å²) in [5.74, 6) is 0.433. The van der Waals surface area contributed by atoms with Crippen LogP contribution in [0.5, 0.6) is 0 Å². The Morgan fingerprint density at radius 3 is 2.52 bits per heavy atom. The van der Waals surface area contributed by atoms with Gasteiger partial charge < -0.3 is 9.47 Å². The van der Waals surface area contributed by atoms with Gasteiger partial charge in [-0.05, 0) is 37.7 Å². The number of hydrogen-bond donors (Lipinski definition) is 0. The summed E-state index contributed by atoms with van der Waals surface area (Å²) >= 11 is 0. The molecule has 1 aromatic heterocycles. The van der Waals surface area contributed by atoms with Crippen molar-refractivity contribution in [1.82, 2.24) is 13.8 Å². The minimum Gasteiger partial charge on any atom is -0.345 e. The Hall–Kier alpha value is -1.34. The van der Waals surface area contributed by atoms with Crippen LogP contribution in [0.1, 0.15) is 43.1 Å². The van der Waals surface area contributed by atoms with E-state index < -0.39 is 10.0 Å². The molecule has 7 heteroatoms. The van der Waals surface area contributed by atoms with E-state index in [0.717, 1.165) is 38.8 Å². The molecule has 2 fully saturated rings. The lowest BCUT2D eigenvalue weighted by Crippen LogP contribution is -2.39. The van der Waals surface area contributed by atoms with Gasteiger partial charge in [-0.25, -0.2) is 8.42 Å². The van der Waals surface area contributed by atoms with Crippen LogP contribution in [0.25, 0.3) is 0 Å². The second-order valence-corrected chi connectivity index (χ2v) is 8.72. The van der Waals surface area contributed by atoms with E-state index in [9.17, 15) is 13.2 Å². The zero-order valence-corrected chi connectivity index (χ0v) is 14.7. The predicted molar refractivity (Wildman–Crippen MR) is 87.7 cm³/mol. The highest BCUT2D eigenvalue weighted by Crippen LogP contribution is 2.24. The van der Waals surface area contributed by atoms with E-state index in [1.807, 2.05) is 4.90 Å². The molecule has 3 rings (SSSR count). The molecule has 0 aromatic carbocycles. The molecule has 6 nitrogen and oxygen atoms in total. The molecular formula is C16H25N3O3S. The van der Waals surface area contributed by atoms with Crippen LogP contribution in [-0.2, 0) is 17.1 Å². The van der Waals surface area contributed by atoms with Crippen molar-refractivity contribution in [2.45, 2.75) is 37.5 Å². The van der Waals surface area contributed by atoms with Crippen LogP contribution in [0.15, 0.2) is 17.2 Å². The highest BCUT2D eigenvalue weighted by atomic mass is 32.2. The van der Waals surface area contributed by atoms with Gasteiger partial charge >= 0.3 is 0 Å². The van der Waals surface area contributed by atoms with Gasteiger partial charge in [0, 0.05) is 39.4 Å². The number of nitrogens with zero attached hydrogens (tertiary/aromatic N) is 3. The van der Waals surface area contributed by atoms with E-state index in [2.05, 4.69) is 6.92 Å². The van der Waals surface area contributed by atoms with E-state index >= 15 is 0 Å². The van der Waals surface area contributed by atoms with E-state index in [-0.39, 0.29) is 10.8 Å². The maximum absolute atomic E-state index is 12.7. The number of rotatable bonds is 3. The first kappa shape index (κ1) is 16.5. The minimum absolute atomic E-state index is 0.0677. The van der Waals surface area contributed by atoms with E-state index in [0.29, 0.717) is 24.7 Å². The van der Waals surface area contributed by atoms with Crippen molar-refractivity contribution in [3.8, 4) is 0 Å². The SMILES string of the molecule is C[C@H]1CCCN(C(=O)c2cc(S(=O)(=O)N3CCCC3)cn2C)C1. The largest absolute Gasteiger partial charge is 0.345 e. The van der Waals surface area contributed by atoms with Crippen molar-refractivity contribution in [1.29, 1.82) is 0 Å². The third kappa shape index (κ3) is 3.17. The Labute approximate surface area is 138 Å². The smallest absolute Gasteiger partial charge is 0.270 e. The highest BCUT2D eigenvalue weighted by Gasteiger charge is 2.31. The lowest BCUT2D eigenvalue weighted by Gasteiger charge is -2.30. The van der Waals surface area contributed by atoms with Crippen molar-refractivity contribution in [3.05, 3.63) is 18.0 Å². The van der Waals surface area contributed by atoms with Gasteiger partial charge in [0.2, 0.25) is 10.0 Å². The first-order chi connectivity index (χ1) is 10.9. The molecule has 1 amide bonds. The van der Waals surface area contributed by atoms with Crippen LogP contribution in [0.2, 0.25) is 0 Å². The van der Waals surface area contributed by atoms with Crippen molar-refractivity contribution in [2.24, 2.45) is 13.0 Å². The van der Waals surface area contributed by atoms with Gasteiger partial charge in [0.15, 0.2) is 0 Å². The molecule has 1 aromatic rings. The molecule has 0 unspecified atom stereocenters. The molecule has 2 aliphatic rings. The Balaban J connectivity index is 1.84. The van der Waals surface area contributed by atoms with E-state index in [1.165, 1.54) is 10.4 Å². The van der Waals surface area contributed by atoms with E-state index in [4.69, 9.17) is 0 Å². The summed E-state index contributed by atoms with van der Waals surface area (Å²) in [4.78, 5) is 14.8. The number of hydrogen-bond acceptors (Lipinski definition) is 3. The van der Waals surface area contributed by atoms with Crippen LogP contribution >= 0.6 is 0 Å². The molecule has 0 radical (unpaired) electrons. The van der Waals surface area contributed by atoms with Crippen molar-refractivity contribution < 1.29 is 13.2 Å². The molecule has 0 bridgehead atoms. The maximum atomic E-state index is 12.7. The summed E-state index contributed by atoms with van der Waals surface area (Å²) in [6.45, 7) is 4.79. The molecule has 0 saturated carbocycles. The highest BCUT2D eigenvalue weighted by molar-refractivity contribution is 7.89. The number of piperidine rings is 1. The Morgan fingerprint density at radius 2 is 1.87 bits per heavy atom. The maximum Gasteiger partial charge on any atom is 0.270 e. The topological polar surface area (TPSA) is 62.6 Å². The number of likely N-dealkylation sites (tertiary alicyclic amines) is 1. The van der Waals surface area contributed by atoms with Gasteiger partial charge in [0.05, 0.1) is 0 Å². The summed E-state index contributed by atoms with van der Waals surface area (Å²) in [5.41, 5.74) is 0.455. The lowest BCUT2D eigenvalue weighted by molar-refractivity contribution is 0.0673. The van der Waals surface area contributed by atoms with Crippen LogP contribution < -0.4 is 0 Å². The van der Waals surface area contributed by atoms with Gasteiger partial charge in [-0.3, -0.25) is 4.79 Å². The zero-order valence-electron chi connectivity index (χ0n) is 13.9. The number of carbonyl (C=O) groups excluding carboxylic acids is 1. The Kier molecular flexibility index (Phi) is 4.51. The number of sulfonamides is 1. The molecule has 128 valence electrons. The normalized spacial score (nSPS) is 23.4. The standard InChI is InChI=1S/C16H25N3O3S/c1-13-6-5-7-18(11-13)16(20)15-10-14(12-17(15)2)23(21,22)19-8-3-4-9-19/h10,12-13H,3-9,11H2,1-2H3/t13-/m0/s1. The molecule has 2 aliphatic heterocycles. The molecule has 3 heterocycles. The lowest BCUT2D eigenvalue weighted by atomic mass is 10.00. The second-order valence-electron chi connectivity index (χ2n) is 6.78. The summed E-state index contributed by atoms with van der Waals surface area (Å²) in [6.07, 6.45) is 5.53. The number of carbonyl (C=O) groups is 1. The van der Waals surface area contributed by atoms with Crippen molar-refractivity contribution in [2.75, 3.05) is 26.2 Å². The fourth-order valence-corrected chi connectivity index (χ4v) is 5.09. The third-order valence-electron chi connectivity index (χ3n) is 4.85. The van der Waals surface area contributed by atoms with Gasteiger partial charge in [0.25, 0.3) is 5.91 Å². The van der Waals surface area contributed by atoms with Gasteiger partial charge in [-0.1, -0.05) is 6.92 Å². The van der Waals surface area contributed by atoms with Crippen molar-refractivity contribution >= 4 is 15.9 Å². The number of amides is 1. The average molecular weight is 339 g/mol. The second kappa shape index (κ2) is 6.28. The zero-order chi connectivity index (χ0) is 16.6. The minimum atomic E-state index is -3.47. The van der Waals surface area contributed by atoms with Gasteiger partial charge in [-0.15, -0.1) is 0 Å². The quantitative estimate of drug-likeness (QED) is 0.842. The van der Waals surface area contributed by atoms with Gasteiger partial charge in [-0.2, -0.15) is 4.31 Å². The third-order valence-corrected chi connectivity index (χ3v) is 6.71. The van der Waals surface area contributed by atoms with E-state index in [1.54, 1.807) is 17.8 Å². The Morgan fingerprint density at radius 1 is 1.17 bits per heavy atom. The predicted octanol–water partition coefficient (Wildman–Crippen LogP) is 1.68. The van der Waals surface area contributed by atoms with Crippen LogP contribution in [0.4, 0.5) is 0 Å². The number of aryl methyl sites for hydroxylation is 1. The fraction of sp³-hybridized carbons (Fsp3) is 0.688. The summed E-state index contributed by atoms with van der Waals surface area (Å²) < 4.78 is 28.4. The first-order valence-corrected chi connectivity index (χ1v) is 9.79. The Bertz CT molecular complexity index is 689. The van der Waals surface area contributed by atoms with Crippen molar-refractivity contribution in [3.63, 3.8) is 0 Å². The summed E-state index contributed by atoms with van der Waals surface area (Å²) in [7, 11) is -1.73. The molecular weight excluding hydrogens is 314 g/mol. The molecule has 0 aliphatic carbocycles.